The molecule has 1 amide bonds. The first-order valence-electron chi connectivity index (χ1n) is 10.4. The lowest BCUT2D eigenvalue weighted by molar-refractivity contribution is -0.118. The van der Waals surface area contributed by atoms with E-state index < -0.39 is 0 Å². The Morgan fingerprint density at radius 1 is 1.12 bits per heavy atom. The largest absolute Gasteiger partial charge is 0.415 e. The minimum atomic E-state index is 0.0565. The third-order valence-electron chi connectivity index (χ3n) is 6.58. The quantitative estimate of drug-likeness (QED) is 0.512. The van der Waals surface area contributed by atoms with E-state index in [4.69, 9.17) is 4.42 Å². The first-order chi connectivity index (χ1) is 12.7. The van der Waals surface area contributed by atoms with Gasteiger partial charge in [0.05, 0.1) is 5.75 Å². The maximum Gasteiger partial charge on any atom is 0.277 e. The van der Waals surface area contributed by atoms with E-state index in [2.05, 4.69) is 22.4 Å². The van der Waals surface area contributed by atoms with Gasteiger partial charge in [0.1, 0.15) is 0 Å². The number of hydrogen-bond donors (Lipinski definition) is 1. The Morgan fingerprint density at radius 2 is 1.81 bits per heavy atom. The van der Waals surface area contributed by atoms with Crippen molar-refractivity contribution in [2.45, 2.75) is 81.8 Å². The lowest BCUT2D eigenvalue weighted by atomic mass is 9.49. The molecule has 1 aromatic rings. The van der Waals surface area contributed by atoms with Crippen molar-refractivity contribution in [3.05, 3.63) is 5.89 Å². The van der Waals surface area contributed by atoms with Gasteiger partial charge in [0.2, 0.25) is 11.8 Å². The Morgan fingerprint density at radius 3 is 2.46 bits per heavy atom. The van der Waals surface area contributed by atoms with Gasteiger partial charge in [-0.2, -0.15) is 0 Å². The molecule has 4 fully saturated rings. The smallest absolute Gasteiger partial charge is 0.277 e. The summed E-state index contributed by atoms with van der Waals surface area (Å²) < 4.78 is 6.04. The van der Waals surface area contributed by atoms with Gasteiger partial charge in [-0.05, 0) is 62.7 Å². The fourth-order valence-corrected chi connectivity index (χ4v) is 6.41. The molecule has 0 aliphatic heterocycles. The Balaban J connectivity index is 1.27. The molecule has 1 N–H and O–H groups in total. The van der Waals surface area contributed by atoms with Crippen LogP contribution in [0.5, 0.6) is 0 Å². The summed E-state index contributed by atoms with van der Waals surface area (Å²) in [6.45, 7) is 2.96. The molecule has 5 nitrogen and oxygen atoms in total. The number of nitrogens with zero attached hydrogens (tertiary/aromatic N) is 2. The van der Waals surface area contributed by atoms with Crippen molar-refractivity contribution in [2.24, 2.45) is 17.8 Å². The summed E-state index contributed by atoms with van der Waals surface area (Å²) in [7, 11) is 0. The van der Waals surface area contributed by atoms with Crippen LogP contribution in [0.3, 0.4) is 0 Å². The van der Waals surface area contributed by atoms with Crippen molar-refractivity contribution < 1.29 is 9.21 Å². The van der Waals surface area contributed by atoms with Crippen molar-refractivity contribution in [3.8, 4) is 0 Å². The van der Waals surface area contributed by atoms with Gasteiger partial charge in [0, 0.05) is 12.0 Å². The number of amides is 1. The maximum atomic E-state index is 12.0. The third-order valence-corrected chi connectivity index (χ3v) is 7.40. The third kappa shape index (κ3) is 3.95. The highest BCUT2D eigenvalue weighted by Gasteiger charge is 2.54. The molecule has 0 radical (unpaired) electrons. The molecule has 1 heterocycles. The number of rotatable bonds is 9. The lowest BCUT2D eigenvalue weighted by Crippen LogP contribution is -2.48. The molecule has 4 saturated carbocycles. The number of unbranched alkanes of at least 4 members (excludes halogenated alkanes) is 3. The van der Waals surface area contributed by atoms with Crippen LogP contribution in [0, 0.1) is 17.8 Å². The second-order valence-electron chi connectivity index (χ2n) is 8.77. The zero-order valence-corrected chi connectivity index (χ0v) is 16.7. The highest BCUT2D eigenvalue weighted by Crippen LogP contribution is 2.60. The summed E-state index contributed by atoms with van der Waals surface area (Å²) >= 11 is 1.37. The van der Waals surface area contributed by atoms with Gasteiger partial charge in [-0.15, -0.1) is 10.2 Å². The summed E-state index contributed by atoms with van der Waals surface area (Å²) in [5.41, 5.74) is 0.141. The average molecular weight is 378 g/mol. The summed E-state index contributed by atoms with van der Waals surface area (Å²) in [5, 5.41) is 12.2. The molecule has 0 unspecified atom stereocenters. The van der Waals surface area contributed by atoms with Crippen LogP contribution in [-0.2, 0) is 10.2 Å². The van der Waals surface area contributed by atoms with Gasteiger partial charge in [0.15, 0.2) is 0 Å². The Kier molecular flexibility index (Phi) is 5.58. The van der Waals surface area contributed by atoms with Crippen LogP contribution >= 0.6 is 11.8 Å². The molecule has 5 rings (SSSR count). The van der Waals surface area contributed by atoms with Crippen LogP contribution in [0.1, 0.15) is 77.0 Å². The molecule has 144 valence electrons. The van der Waals surface area contributed by atoms with Crippen LogP contribution in [0.25, 0.3) is 0 Å². The number of aromatic nitrogens is 2. The molecule has 6 heteroatoms. The van der Waals surface area contributed by atoms with Gasteiger partial charge in [-0.1, -0.05) is 37.9 Å². The van der Waals surface area contributed by atoms with E-state index in [1.165, 1.54) is 69.5 Å². The summed E-state index contributed by atoms with van der Waals surface area (Å²) in [4.78, 5) is 12.0. The minimum absolute atomic E-state index is 0.0565. The first-order valence-corrected chi connectivity index (χ1v) is 11.4. The van der Waals surface area contributed by atoms with E-state index in [1.54, 1.807) is 0 Å². The van der Waals surface area contributed by atoms with E-state index in [1.807, 2.05) is 0 Å². The van der Waals surface area contributed by atoms with Crippen molar-refractivity contribution in [1.29, 1.82) is 0 Å². The van der Waals surface area contributed by atoms with E-state index in [0.717, 1.165) is 36.6 Å². The molecule has 4 bridgehead atoms. The molecule has 4 aliphatic carbocycles. The molecule has 0 atom stereocenters. The topological polar surface area (TPSA) is 68.0 Å². The second-order valence-corrected chi connectivity index (χ2v) is 9.70. The van der Waals surface area contributed by atoms with Crippen molar-refractivity contribution >= 4 is 17.7 Å². The Hall–Kier alpha value is -1.04. The van der Waals surface area contributed by atoms with Crippen LogP contribution in [0.15, 0.2) is 9.64 Å². The molecule has 0 aromatic carbocycles. The molecule has 1 aromatic heterocycles. The standard InChI is InChI=1S/C20H31N3O2S/c1-2-3-4-5-6-21-17(24)13-26-19-23-22-18(25-19)20-10-14-7-15(11-20)9-16(8-14)12-20/h14-16H,2-13H2,1H3,(H,21,24). The predicted octanol–water partition coefficient (Wildman–Crippen LogP) is 4.33. The molecule has 4 aliphatic rings. The summed E-state index contributed by atoms with van der Waals surface area (Å²) in [6, 6.07) is 0. The highest BCUT2D eigenvalue weighted by molar-refractivity contribution is 7.99. The van der Waals surface area contributed by atoms with Crippen molar-refractivity contribution in [3.63, 3.8) is 0 Å². The number of thioether (sulfide) groups is 1. The number of nitrogens with one attached hydrogen (secondary N) is 1. The highest BCUT2D eigenvalue weighted by atomic mass is 32.2. The van der Waals surface area contributed by atoms with E-state index >= 15 is 0 Å². The second kappa shape index (κ2) is 7.91. The van der Waals surface area contributed by atoms with Gasteiger partial charge in [-0.3, -0.25) is 4.79 Å². The van der Waals surface area contributed by atoms with Gasteiger partial charge in [-0.25, -0.2) is 0 Å². The molecule has 26 heavy (non-hydrogen) atoms. The van der Waals surface area contributed by atoms with Crippen LogP contribution in [0.2, 0.25) is 0 Å². The molecular weight excluding hydrogens is 346 g/mol. The van der Waals surface area contributed by atoms with E-state index in [9.17, 15) is 4.79 Å². The first kappa shape index (κ1) is 18.3. The zero-order chi connectivity index (χ0) is 18.0. The summed E-state index contributed by atoms with van der Waals surface area (Å²) in [5.74, 6) is 3.85. The number of hydrogen-bond acceptors (Lipinski definition) is 5. The lowest BCUT2D eigenvalue weighted by Gasteiger charge is -2.55. The predicted molar refractivity (Wildman–Crippen MR) is 102 cm³/mol. The van der Waals surface area contributed by atoms with Gasteiger partial charge in [0.25, 0.3) is 5.22 Å². The SMILES string of the molecule is CCCCCCNC(=O)CSc1nnc(C23CC4CC(CC(C4)C2)C3)o1. The fraction of sp³-hybridized carbons (Fsp3) is 0.850. The normalized spacial score (nSPS) is 32.1. The van der Waals surface area contributed by atoms with Crippen LogP contribution < -0.4 is 5.32 Å². The van der Waals surface area contributed by atoms with Gasteiger partial charge < -0.3 is 9.73 Å². The number of carbonyl (C=O) groups is 1. The maximum absolute atomic E-state index is 12.0. The Labute approximate surface area is 160 Å². The van der Waals surface area contributed by atoms with Crippen LogP contribution in [0.4, 0.5) is 0 Å². The minimum Gasteiger partial charge on any atom is -0.415 e. The molecule has 0 spiro atoms. The van der Waals surface area contributed by atoms with Crippen molar-refractivity contribution in [2.75, 3.05) is 12.3 Å². The van der Waals surface area contributed by atoms with Crippen LogP contribution in [-0.4, -0.2) is 28.4 Å². The number of carbonyl (C=O) groups excluding carboxylic acids is 1. The summed E-state index contributed by atoms with van der Waals surface area (Å²) in [6.07, 6.45) is 12.6. The van der Waals surface area contributed by atoms with E-state index in [-0.39, 0.29) is 11.3 Å². The van der Waals surface area contributed by atoms with Crippen molar-refractivity contribution in [1.82, 2.24) is 15.5 Å². The molecule has 0 saturated heterocycles. The van der Waals surface area contributed by atoms with E-state index in [0.29, 0.717) is 11.0 Å². The Bertz CT molecular complexity index is 595. The fourth-order valence-electron chi connectivity index (χ4n) is 5.81. The monoisotopic (exact) mass is 377 g/mol. The average Bonchev–Trinajstić information content (AvgIpc) is 3.08. The zero-order valence-electron chi connectivity index (χ0n) is 15.8. The van der Waals surface area contributed by atoms with Gasteiger partial charge >= 0.3 is 0 Å². The molecular formula is C20H31N3O2S.